The number of carbonyl (C=O) groups excluding carboxylic acids is 1. The molecule has 0 aromatic heterocycles. The minimum atomic E-state index is -7.91. The van der Waals surface area contributed by atoms with Crippen LogP contribution in [0.5, 0.6) is 5.75 Å². The molecule has 1 aromatic carbocycles. The molecule has 0 aliphatic heterocycles. The first-order valence-corrected chi connectivity index (χ1v) is 18.5. The normalized spacial score (nSPS) is 13.6. The summed E-state index contributed by atoms with van der Waals surface area (Å²) in [5.41, 5.74) is 1.31. The molecule has 1 aromatic rings. The molecule has 0 N–H and O–H groups in total. The van der Waals surface area contributed by atoms with Crippen molar-refractivity contribution in [2.24, 2.45) is 0 Å². The Morgan fingerprint density at radius 3 is 1.49 bits per heavy atom. The second-order valence-corrected chi connectivity index (χ2v) is 14.2. The minimum Gasteiger partial charge on any atom is -0.426 e. The number of alkyl halides is 13. The standard InChI is InChI=1S/C35H49F13O2S/c1-4-5-6-7-8-9-10-11-12-13-14-15-16-17-18-19-28(49)50-29-26(3)22-25(2)23-27(29)24-51-21-20-30(36,37)31(38,39)32(40,41)33(42,43)34(44,45)35(46,47)48/h22-23H,4-21,24H2,1-3H3. The fourth-order valence-corrected chi connectivity index (χ4v) is 6.42. The molecule has 0 aliphatic rings. The number of hydrogen-bond donors (Lipinski definition) is 0. The number of thioether (sulfide) groups is 1. The fourth-order valence-electron chi connectivity index (χ4n) is 5.44. The Morgan fingerprint density at radius 1 is 0.608 bits per heavy atom. The molecule has 51 heavy (non-hydrogen) atoms. The number of aryl methyl sites for hydroxylation is 2. The quantitative estimate of drug-likeness (QED) is 0.0405. The van der Waals surface area contributed by atoms with E-state index in [1.54, 1.807) is 19.9 Å². The van der Waals surface area contributed by atoms with Gasteiger partial charge in [0.25, 0.3) is 0 Å². The van der Waals surface area contributed by atoms with Gasteiger partial charge in [0, 0.05) is 24.2 Å². The van der Waals surface area contributed by atoms with E-state index in [1.807, 2.05) is 0 Å². The predicted molar refractivity (Wildman–Crippen MR) is 173 cm³/mol. The molecule has 0 unspecified atom stereocenters. The summed E-state index contributed by atoms with van der Waals surface area (Å²) in [5.74, 6) is -38.9. The maximum Gasteiger partial charge on any atom is 0.460 e. The second kappa shape index (κ2) is 20.5. The molecule has 0 fully saturated rings. The van der Waals surface area contributed by atoms with E-state index < -0.39 is 53.9 Å². The molecule has 0 radical (unpaired) electrons. The molecule has 0 aliphatic carbocycles. The van der Waals surface area contributed by atoms with Gasteiger partial charge in [0.05, 0.1) is 0 Å². The highest BCUT2D eigenvalue weighted by Crippen LogP contribution is 2.60. The number of carbonyl (C=O) groups is 1. The van der Waals surface area contributed by atoms with Crippen molar-refractivity contribution in [3.8, 4) is 5.75 Å². The van der Waals surface area contributed by atoms with Gasteiger partial charge in [0.15, 0.2) is 0 Å². The Morgan fingerprint density at radius 2 is 1.04 bits per heavy atom. The monoisotopic (exact) mass is 780 g/mol. The van der Waals surface area contributed by atoms with Crippen LogP contribution in [0.25, 0.3) is 0 Å². The van der Waals surface area contributed by atoms with Crippen molar-refractivity contribution in [1.29, 1.82) is 0 Å². The molecule has 0 amide bonds. The van der Waals surface area contributed by atoms with Gasteiger partial charge in [0.2, 0.25) is 0 Å². The van der Waals surface area contributed by atoms with Crippen LogP contribution in [-0.2, 0) is 10.5 Å². The second-order valence-electron chi connectivity index (χ2n) is 13.0. The Kier molecular flexibility index (Phi) is 19.0. The number of ether oxygens (including phenoxy) is 1. The lowest BCUT2D eigenvalue weighted by Gasteiger charge is -2.39. The lowest BCUT2D eigenvalue weighted by atomic mass is 9.93. The summed E-state index contributed by atoms with van der Waals surface area (Å²) < 4.78 is 179. The van der Waals surface area contributed by atoms with Crippen molar-refractivity contribution >= 4 is 17.7 Å². The average Bonchev–Trinajstić information content (AvgIpc) is 3.01. The van der Waals surface area contributed by atoms with Crippen LogP contribution in [0.15, 0.2) is 12.1 Å². The summed E-state index contributed by atoms with van der Waals surface area (Å²) in [4.78, 5) is 12.5. The Hall–Kier alpha value is -1.87. The van der Waals surface area contributed by atoms with Crippen LogP contribution in [0.2, 0.25) is 0 Å². The molecule has 16 heteroatoms. The highest BCUT2D eigenvalue weighted by Gasteiger charge is 2.90. The van der Waals surface area contributed by atoms with Crippen molar-refractivity contribution in [2.75, 3.05) is 5.75 Å². The highest BCUT2D eigenvalue weighted by molar-refractivity contribution is 7.98. The number of benzene rings is 1. The summed E-state index contributed by atoms with van der Waals surface area (Å²) in [7, 11) is 0. The molecule has 0 heterocycles. The maximum atomic E-state index is 14.2. The average molecular weight is 781 g/mol. The smallest absolute Gasteiger partial charge is 0.426 e. The summed E-state index contributed by atoms with van der Waals surface area (Å²) in [6.45, 7) is 5.41. The van der Waals surface area contributed by atoms with E-state index in [0.717, 1.165) is 32.1 Å². The lowest BCUT2D eigenvalue weighted by molar-refractivity contribution is -0.439. The van der Waals surface area contributed by atoms with Crippen molar-refractivity contribution < 1.29 is 66.6 Å². The van der Waals surface area contributed by atoms with Crippen molar-refractivity contribution in [3.05, 3.63) is 28.8 Å². The van der Waals surface area contributed by atoms with E-state index in [2.05, 4.69) is 6.92 Å². The van der Waals surface area contributed by atoms with Gasteiger partial charge in [-0.15, -0.1) is 0 Å². The SMILES string of the molecule is CCCCCCCCCCCCCCCCCC(=O)Oc1c(C)cc(C)cc1CSCCC(F)(F)C(F)(F)C(F)(F)C(F)(F)C(F)(F)C(F)(F)F. The van der Waals surface area contributed by atoms with Gasteiger partial charge in [-0.1, -0.05) is 115 Å². The number of esters is 1. The van der Waals surface area contributed by atoms with Crippen LogP contribution in [0.4, 0.5) is 57.1 Å². The van der Waals surface area contributed by atoms with Gasteiger partial charge in [-0.25, -0.2) is 0 Å². The molecule has 298 valence electrons. The molecular weight excluding hydrogens is 731 g/mol. The molecular formula is C35H49F13O2S. The van der Waals surface area contributed by atoms with Crippen molar-refractivity contribution in [1.82, 2.24) is 0 Å². The molecule has 0 spiro atoms. The minimum absolute atomic E-state index is 0.0525. The number of rotatable bonds is 26. The summed E-state index contributed by atoms with van der Waals surface area (Å²) in [6.07, 6.45) is 7.38. The van der Waals surface area contributed by atoms with Gasteiger partial charge in [-0.05, 0) is 31.6 Å². The highest BCUT2D eigenvalue weighted by atomic mass is 32.2. The predicted octanol–water partition coefficient (Wildman–Crippen LogP) is 13.8. The molecule has 0 bridgehead atoms. The van der Waals surface area contributed by atoms with Crippen molar-refractivity contribution in [2.45, 2.75) is 171 Å². The Bertz CT molecular complexity index is 1190. The summed E-state index contributed by atoms with van der Waals surface area (Å²) in [5, 5.41) is 0. The zero-order valence-corrected chi connectivity index (χ0v) is 30.0. The van der Waals surface area contributed by atoms with Gasteiger partial charge < -0.3 is 4.74 Å². The van der Waals surface area contributed by atoms with Crippen LogP contribution >= 0.6 is 11.8 Å². The molecule has 0 saturated carbocycles. The van der Waals surface area contributed by atoms with E-state index in [4.69, 9.17) is 4.74 Å². The third-order valence-corrected chi connectivity index (χ3v) is 9.52. The first kappa shape index (κ1) is 47.2. The topological polar surface area (TPSA) is 26.3 Å². The molecule has 0 saturated heterocycles. The van der Waals surface area contributed by atoms with Crippen LogP contribution in [0, 0.1) is 13.8 Å². The zero-order chi connectivity index (χ0) is 39.2. The van der Waals surface area contributed by atoms with Crippen LogP contribution in [0.1, 0.15) is 133 Å². The Balaban J connectivity index is 2.60. The molecule has 0 atom stereocenters. The number of halogens is 13. The number of hydrogen-bond acceptors (Lipinski definition) is 3. The van der Waals surface area contributed by atoms with Gasteiger partial charge >= 0.3 is 41.8 Å². The van der Waals surface area contributed by atoms with Crippen LogP contribution in [0.3, 0.4) is 0 Å². The van der Waals surface area contributed by atoms with Gasteiger partial charge in [0.1, 0.15) is 5.75 Å². The van der Waals surface area contributed by atoms with E-state index >= 15 is 0 Å². The van der Waals surface area contributed by atoms with E-state index in [9.17, 15) is 61.9 Å². The zero-order valence-electron chi connectivity index (χ0n) is 29.2. The van der Waals surface area contributed by atoms with Gasteiger partial charge in [-0.3, -0.25) is 4.79 Å². The molecule has 2 nitrogen and oxygen atoms in total. The van der Waals surface area contributed by atoms with E-state index in [-0.39, 0.29) is 23.5 Å². The first-order chi connectivity index (χ1) is 23.5. The third kappa shape index (κ3) is 13.2. The summed E-state index contributed by atoms with van der Waals surface area (Å²) >= 11 is 0.410. The van der Waals surface area contributed by atoms with Gasteiger partial charge in [-0.2, -0.15) is 68.8 Å². The third-order valence-electron chi connectivity index (χ3n) is 8.51. The molecule has 1 rings (SSSR count). The maximum absolute atomic E-state index is 14.2. The Labute approximate surface area is 296 Å². The lowest BCUT2D eigenvalue weighted by Crippen LogP contribution is -2.70. The first-order valence-electron chi connectivity index (χ1n) is 17.3. The van der Waals surface area contributed by atoms with Crippen LogP contribution < -0.4 is 4.74 Å². The number of unbranched alkanes of at least 4 members (excludes halogenated alkanes) is 14. The fraction of sp³-hybridized carbons (Fsp3) is 0.800. The summed E-state index contributed by atoms with van der Waals surface area (Å²) in [6, 6.07) is 3.12. The van der Waals surface area contributed by atoms with Crippen LogP contribution in [-0.4, -0.2) is 47.5 Å². The largest absolute Gasteiger partial charge is 0.460 e. The van der Waals surface area contributed by atoms with E-state index in [0.29, 0.717) is 29.3 Å². The van der Waals surface area contributed by atoms with Crippen molar-refractivity contribution in [3.63, 3.8) is 0 Å². The van der Waals surface area contributed by atoms with E-state index in [1.165, 1.54) is 63.9 Å².